The van der Waals surface area contributed by atoms with Gasteiger partial charge in [-0.1, -0.05) is 74.7 Å². The van der Waals surface area contributed by atoms with E-state index < -0.39 is 30.2 Å². The van der Waals surface area contributed by atoms with E-state index in [2.05, 4.69) is 25.8 Å². The Labute approximate surface area is 507 Å². The Bertz CT molecular complexity index is 3540. The molecule has 15 heteroatoms. The molecule has 0 aliphatic rings. The van der Waals surface area contributed by atoms with E-state index in [1.54, 1.807) is 72.8 Å². The van der Waals surface area contributed by atoms with Gasteiger partial charge in [-0.25, -0.2) is 24.2 Å². The minimum atomic E-state index is -0.925. The molecule has 87 heavy (non-hydrogen) atoms. The minimum absolute atomic E-state index is 0.371. The topological polar surface area (TPSA) is 184 Å². The van der Waals surface area contributed by atoms with Crippen molar-refractivity contribution in [3.8, 4) is 62.6 Å². The number of hydrogen-bond donors (Lipinski definition) is 1. The van der Waals surface area contributed by atoms with Crippen LogP contribution in [-0.2, 0) is 23.8 Å². The van der Waals surface area contributed by atoms with Crippen LogP contribution >= 0.6 is 0 Å². The third-order valence-electron chi connectivity index (χ3n) is 14.0. The molecule has 0 amide bonds. The van der Waals surface area contributed by atoms with Crippen LogP contribution < -0.4 is 28.4 Å². The summed E-state index contributed by atoms with van der Waals surface area (Å²) in [6, 6.07) is 48.0. The summed E-state index contributed by atoms with van der Waals surface area (Å²) in [6.07, 6.45) is 13.4. The lowest BCUT2D eigenvalue weighted by Gasteiger charge is -2.14. The fourth-order valence-electron chi connectivity index (χ4n) is 9.25. The molecule has 450 valence electrons. The molecular weight excluding hydrogens is 1100 g/mol. The number of aromatic nitrogens is 1. The van der Waals surface area contributed by atoms with Crippen molar-refractivity contribution in [2.24, 2.45) is 0 Å². The monoisotopic (exact) mass is 1180 g/mol. The van der Waals surface area contributed by atoms with E-state index in [0.29, 0.717) is 96.7 Å². The second kappa shape index (κ2) is 33.8. The molecule has 0 spiro atoms. The Morgan fingerprint density at radius 1 is 0.402 bits per heavy atom. The summed E-state index contributed by atoms with van der Waals surface area (Å²) in [5, 5.41) is 12.0. The maximum absolute atomic E-state index is 13.3. The Hall–Kier alpha value is -9.57. The second-order valence-electron chi connectivity index (χ2n) is 20.4. The first-order valence-corrected chi connectivity index (χ1v) is 29.5. The van der Waals surface area contributed by atoms with Crippen molar-refractivity contribution in [3.05, 3.63) is 207 Å². The summed E-state index contributed by atoms with van der Waals surface area (Å²) in [4.78, 5) is 54.2. The summed E-state index contributed by atoms with van der Waals surface area (Å²) in [5.41, 5.74) is 4.97. The molecule has 0 aliphatic carbocycles. The molecule has 8 aromatic rings. The van der Waals surface area contributed by atoms with Crippen LogP contribution in [0.15, 0.2) is 196 Å². The number of unbranched alkanes of at least 4 members (excludes halogenated alkanes) is 9. The average molecular weight is 1180 g/mol. The molecule has 0 aliphatic heterocycles. The van der Waals surface area contributed by atoms with Gasteiger partial charge in [-0.05, 0) is 214 Å². The SMILES string of the molecule is C=CC(=O)OCCCCCCOc1ccc(OC(=O)c2ccc(-c3ccc4c(c3)c(Oc3ccc(OCCCCCCOC(=O)C=C)cc3)nc3cc(-c5ccc(C(=O)Oc6ccc(OCCCCCCOC(O)C=C)cc6)cc5)ccc34)cc2)cc1. The van der Waals surface area contributed by atoms with Gasteiger partial charge in [0.15, 0.2) is 6.29 Å². The maximum atomic E-state index is 13.3. The Morgan fingerprint density at radius 2 is 0.782 bits per heavy atom. The van der Waals surface area contributed by atoms with Crippen molar-refractivity contribution in [1.29, 1.82) is 0 Å². The molecule has 1 atom stereocenters. The number of pyridine rings is 1. The van der Waals surface area contributed by atoms with E-state index in [1.165, 1.54) is 12.2 Å². The summed E-state index contributed by atoms with van der Waals surface area (Å²) >= 11 is 0. The lowest BCUT2D eigenvalue weighted by molar-refractivity contribution is -0.138. The number of esters is 4. The highest BCUT2D eigenvalue weighted by Crippen LogP contribution is 2.38. The van der Waals surface area contributed by atoms with Gasteiger partial charge in [0.05, 0.1) is 56.3 Å². The summed E-state index contributed by atoms with van der Waals surface area (Å²) in [6.45, 7) is 13.2. The van der Waals surface area contributed by atoms with Crippen molar-refractivity contribution in [2.75, 3.05) is 39.6 Å². The molecule has 1 heterocycles. The normalized spacial score (nSPS) is 11.3. The van der Waals surface area contributed by atoms with Gasteiger partial charge >= 0.3 is 23.9 Å². The average Bonchev–Trinajstić information content (AvgIpc) is 1.52. The van der Waals surface area contributed by atoms with E-state index in [9.17, 15) is 24.3 Å². The number of aliphatic hydroxyl groups excluding tert-OH is 1. The molecule has 1 unspecified atom stereocenters. The first-order valence-electron chi connectivity index (χ1n) is 29.5. The number of fused-ring (bicyclic) bond motifs is 3. The quantitative estimate of drug-likeness (QED) is 0.00743. The second-order valence-corrected chi connectivity index (χ2v) is 20.4. The molecule has 0 saturated heterocycles. The molecular formula is C72H73NO14. The fraction of sp³-hybridized carbons (Fsp3) is 0.264. The number of carbonyl (C=O) groups is 4. The van der Waals surface area contributed by atoms with Gasteiger partial charge in [0.2, 0.25) is 5.88 Å². The molecule has 0 fully saturated rings. The Morgan fingerprint density at radius 3 is 1.22 bits per heavy atom. The number of carbonyl (C=O) groups excluding carboxylic acids is 4. The van der Waals surface area contributed by atoms with Crippen LogP contribution in [0.1, 0.15) is 97.8 Å². The minimum Gasteiger partial charge on any atom is -0.494 e. The fourth-order valence-corrected chi connectivity index (χ4v) is 9.25. The number of rotatable bonds is 36. The maximum Gasteiger partial charge on any atom is 0.343 e. The molecule has 15 nitrogen and oxygen atoms in total. The zero-order valence-corrected chi connectivity index (χ0v) is 48.9. The zero-order chi connectivity index (χ0) is 61.0. The highest BCUT2D eigenvalue weighted by molar-refractivity contribution is 6.10. The summed E-state index contributed by atoms with van der Waals surface area (Å²) < 4.78 is 51.1. The standard InChI is InChI=1S/C72H73NO14/c1-4-67(74)82-46-16-10-7-13-43-79-57-29-35-60(36-30-57)85-70-65-49-55(51-19-23-53(24-20-51)71(77)86-61-37-31-58(32-38-61)80-44-14-8-11-17-47-83-68(75)5-2)27-41-63(65)64-42-28-56(50-66(64)73-70)52-21-25-54(26-22-52)72(78)87-62-39-33-59(34-40-62)81-45-15-9-12-18-48-84-69(76)6-3/h4-6,19-42,49-50,69,76H,1-3,7-18,43-48H2. The van der Waals surface area contributed by atoms with Crippen LogP contribution in [0.3, 0.4) is 0 Å². The molecule has 1 N–H and O–H groups in total. The van der Waals surface area contributed by atoms with Crippen molar-refractivity contribution in [2.45, 2.75) is 83.3 Å². The van der Waals surface area contributed by atoms with E-state index in [-0.39, 0.29) is 0 Å². The van der Waals surface area contributed by atoms with Crippen molar-refractivity contribution in [3.63, 3.8) is 0 Å². The number of aliphatic hydroxyl groups is 1. The van der Waals surface area contributed by atoms with Crippen LogP contribution in [0.2, 0.25) is 0 Å². The van der Waals surface area contributed by atoms with Crippen molar-refractivity contribution < 1.29 is 66.9 Å². The summed E-state index contributed by atoms with van der Waals surface area (Å²) in [7, 11) is 0. The number of hydrogen-bond acceptors (Lipinski definition) is 15. The highest BCUT2D eigenvalue weighted by Gasteiger charge is 2.17. The van der Waals surface area contributed by atoms with Crippen LogP contribution in [0.4, 0.5) is 0 Å². The van der Waals surface area contributed by atoms with Crippen LogP contribution in [0.25, 0.3) is 43.9 Å². The van der Waals surface area contributed by atoms with Gasteiger partial charge < -0.3 is 47.7 Å². The van der Waals surface area contributed by atoms with E-state index in [1.807, 2.05) is 78.9 Å². The van der Waals surface area contributed by atoms with Crippen LogP contribution in [0.5, 0.6) is 40.4 Å². The predicted octanol–water partition coefficient (Wildman–Crippen LogP) is 15.7. The molecule has 0 radical (unpaired) electrons. The van der Waals surface area contributed by atoms with Gasteiger partial charge in [-0.3, -0.25) is 0 Å². The molecule has 8 rings (SSSR count). The van der Waals surface area contributed by atoms with Crippen molar-refractivity contribution in [1.82, 2.24) is 4.98 Å². The van der Waals surface area contributed by atoms with E-state index >= 15 is 0 Å². The summed E-state index contributed by atoms with van der Waals surface area (Å²) in [5.74, 6) is 1.98. The first-order chi connectivity index (χ1) is 42.5. The van der Waals surface area contributed by atoms with E-state index in [4.69, 9.17) is 47.6 Å². The van der Waals surface area contributed by atoms with E-state index in [0.717, 1.165) is 122 Å². The molecule has 0 bridgehead atoms. The van der Waals surface area contributed by atoms with Crippen molar-refractivity contribution >= 4 is 45.6 Å². The Kier molecular flexibility index (Phi) is 24.7. The number of benzene rings is 7. The molecule has 0 saturated carbocycles. The van der Waals surface area contributed by atoms with Gasteiger partial charge in [-0.15, -0.1) is 0 Å². The number of ether oxygens (including phenoxy) is 9. The van der Waals surface area contributed by atoms with Gasteiger partial charge in [0.1, 0.15) is 34.5 Å². The largest absolute Gasteiger partial charge is 0.494 e. The van der Waals surface area contributed by atoms with Gasteiger partial charge in [0, 0.05) is 22.9 Å². The third-order valence-corrected chi connectivity index (χ3v) is 14.0. The smallest absolute Gasteiger partial charge is 0.343 e. The van der Waals surface area contributed by atoms with Crippen LogP contribution in [0, 0.1) is 0 Å². The third kappa shape index (κ3) is 20.0. The van der Waals surface area contributed by atoms with Gasteiger partial charge in [0.25, 0.3) is 0 Å². The Balaban J connectivity index is 0.914. The number of nitrogens with zero attached hydrogens (tertiary/aromatic N) is 1. The molecule has 1 aromatic heterocycles. The lowest BCUT2D eigenvalue weighted by atomic mass is 9.97. The zero-order valence-electron chi connectivity index (χ0n) is 48.9. The predicted molar refractivity (Wildman–Crippen MR) is 336 cm³/mol. The highest BCUT2D eigenvalue weighted by atomic mass is 16.6. The first kappa shape index (κ1) is 63.5. The molecule has 7 aromatic carbocycles. The van der Waals surface area contributed by atoms with Gasteiger partial charge in [-0.2, -0.15) is 0 Å². The van der Waals surface area contributed by atoms with Crippen LogP contribution in [-0.4, -0.2) is 79.9 Å². The lowest BCUT2D eigenvalue weighted by Crippen LogP contribution is -2.08.